The molecule has 14 heteroatoms. The minimum Gasteiger partial charge on any atom is -0.481 e. The molecular weight excluding hydrogens is 508 g/mol. The van der Waals surface area contributed by atoms with E-state index in [0.29, 0.717) is 17.5 Å². The van der Waals surface area contributed by atoms with Crippen molar-refractivity contribution >= 4 is 39.5 Å². The van der Waals surface area contributed by atoms with E-state index in [2.05, 4.69) is 10.3 Å². The molecule has 0 unspecified atom stereocenters. The number of ether oxygens (including phenoxy) is 1. The average Bonchev–Trinajstić information content (AvgIpc) is 2.82. The van der Waals surface area contributed by atoms with Gasteiger partial charge >= 0.3 is 11.9 Å². The van der Waals surface area contributed by atoms with Crippen LogP contribution in [0.25, 0.3) is 11.1 Å². The van der Waals surface area contributed by atoms with Crippen LogP contribution >= 0.6 is 0 Å². The normalized spacial score (nSPS) is 10.5. The molecule has 0 fully saturated rings. The number of carboxylic acids is 2. The molecule has 1 aromatic heterocycles. The van der Waals surface area contributed by atoms with E-state index in [1.54, 1.807) is 24.3 Å². The Morgan fingerprint density at radius 2 is 1.49 bits per heavy atom. The number of amides is 1. The van der Waals surface area contributed by atoms with Crippen molar-refractivity contribution < 1.29 is 42.3 Å². The number of carbonyl (C=O) groups is 3. The monoisotopic (exact) mass is 530 g/mol. The Balaban J connectivity index is 0.000000877. The lowest BCUT2D eigenvalue weighted by Gasteiger charge is -2.13. The zero-order valence-corrected chi connectivity index (χ0v) is 20.2. The summed E-state index contributed by atoms with van der Waals surface area (Å²) in [6.07, 6.45) is 0.715. The van der Waals surface area contributed by atoms with Crippen LogP contribution in [-0.2, 0) is 10.1 Å². The van der Waals surface area contributed by atoms with Gasteiger partial charge in [-0.3, -0.25) is 14.8 Å². The predicted octanol–water partition coefficient (Wildman–Crippen LogP) is 2.19. The van der Waals surface area contributed by atoms with Gasteiger partial charge in [0, 0.05) is 22.9 Å². The maximum absolute atomic E-state index is 13.0. The first-order valence-corrected chi connectivity index (χ1v) is 11.9. The molecule has 2 aromatic carbocycles. The van der Waals surface area contributed by atoms with Gasteiger partial charge in [-0.2, -0.15) is 8.42 Å². The summed E-state index contributed by atoms with van der Waals surface area (Å²) in [6, 6.07) is 12.7. The number of anilines is 1. The molecule has 1 heterocycles. The van der Waals surface area contributed by atoms with Gasteiger partial charge in [-0.1, -0.05) is 6.07 Å². The summed E-state index contributed by atoms with van der Waals surface area (Å²) in [5, 5.41) is 28.9. The van der Waals surface area contributed by atoms with Gasteiger partial charge in [0.2, 0.25) is 5.88 Å². The fraction of sp³-hybridized carbons (Fsp3) is 0.0870. The van der Waals surface area contributed by atoms with Crippen molar-refractivity contribution in [2.24, 2.45) is 5.73 Å². The van der Waals surface area contributed by atoms with E-state index >= 15 is 0 Å². The first-order chi connectivity index (χ1) is 17.2. The van der Waals surface area contributed by atoms with E-state index in [9.17, 15) is 33.0 Å². The fourth-order valence-corrected chi connectivity index (χ4v) is 2.96. The maximum atomic E-state index is 13.0. The molecule has 3 rings (SSSR count). The summed E-state index contributed by atoms with van der Waals surface area (Å²) in [6.45, 7) is 0. The third-order valence-electron chi connectivity index (χ3n) is 4.53. The number of methoxy groups -OCH3 is 1. The van der Waals surface area contributed by atoms with E-state index in [-0.39, 0.29) is 39.7 Å². The Kier molecular flexibility index (Phi) is 9.02. The zero-order chi connectivity index (χ0) is 27.9. The van der Waals surface area contributed by atoms with E-state index in [1.807, 2.05) is 0 Å². The molecule has 0 spiro atoms. The predicted molar refractivity (Wildman–Crippen MR) is 133 cm³/mol. The first-order valence-electron chi connectivity index (χ1n) is 10.1. The number of benzene rings is 2. The van der Waals surface area contributed by atoms with Crippen molar-refractivity contribution in [1.82, 2.24) is 4.98 Å². The molecule has 1 amide bonds. The molecule has 7 N–H and O–H groups in total. The third-order valence-corrected chi connectivity index (χ3v) is 4.53. The van der Waals surface area contributed by atoms with Crippen LogP contribution in [0.5, 0.6) is 5.88 Å². The van der Waals surface area contributed by atoms with Crippen molar-refractivity contribution in [2.45, 2.75) is 0 Å². The van der Waals surface area contributed by atoms with Crippen LogP contribution in [0.2, 0.25) is 0 Å². The van der Waals surface area contributed by atoms with Crippen LogP contribution in [0, 0.1) is 5.41 Å². The number of rotatable bonds is 7. The minimum absolute atomic E-state index is 0.120. The van der Waals surface area contributed by atoms with Gasteiger partial charge in [0.25, 0.3) is 16.0 Å². The van der Waals surface area contributed by atoms with Crippen molar-refractivity contribution in [1.29, 1.82) is 5.41 Å². The number of hydrogen-bond acceptors (Lipinski definition) is 8. The smallest absolute Gasteiger partial charge is 0.336 e. The van der Waals surface area contributed by atoms with Crippen molar-refractivity contribution in [3.63, 3.8) is 0 Å². The molecule has 0 aliphatic rings. The summed E-state index contributed by atoms with van der Waals surface area (Å²) in [7, 11) is -2.30. The molecule has 13 nitrogen and oxygen atoms in total. The largest absolute Gasteiger partial charge is 0.481 e. The van der Waals surface area contributed by atoms with E-state index in [0.717, 1.165) is 6.07 Å². The number of aromatic carboxylic acids is 2. The molecule has 0 bridgehead atoms. The highest BCUT2D eigenvalue weighted by atomic mass is 32.2. The van der Waals surface area contributed by atoms with Crippen LogP contribution in [0.1, 0.15) is 36.8 Å². The van der Waals surface area contributed by atoms with E-state index < -0.39 is 28.0 Å². The van der Waals surface area contributed by atoms with Crippen LogP contribution in [0.3, 0.4) is 0 Å². The second-order valence-corrected chi connectivity index (χ2v) is 8.76. The molecule has 194 valence electrons. The molecule has 0 saturated carbocycles. The number of nitrogens with two attached hydrogens (primary N) is 1. The summed E-state index contributed by atoms with van der Waals surface area (Å²) in [5.74, 6) is -3.27. The Morgan fingerprint density at radius 3 is 1.97 bits per heavy atom. The fourth-order valence-electron chi connectivity index (χ4n) is 2.96. The van der Waals surface area contributed by atoms with Gasteiger partial charge in [-0.25, -0.2) is 14.6 Å². The molecule has 37 heavy (non-hydrogen) atoms. The highest BCUT2D eigenvalue weighted by Crippen LogP contribution is 2.30. The average molecular weight is 531 g/mol. The van der Waals surface area contributed by atoms with Crippen LogP contribution in [0.15, 0.2) is 54.6 Å². The van der Waals surface area contributed by atoms with Crippen LogP contribution in [-0.4, -0.2) is 65.2 Å². The summed E-state index contributed by atoms with van der Waals surface area (Å²) >= 11 is 0. The number of carboxylic acid groups (broad SMARTS) is 2. The number of amidine groups is 1. The summed E-state index contributed by atoms with van der Waals surface area (Å²) in [4.78, 5) is 40.2. The number of hydrogen-bond donors (Lipinski definition) is 6. The number of pyridine rings is 1. The van der Waals surface area contributed by atoms with E-state index in [1.165, 1.54) is 31.4 Å². The maximum Gasteiger partial charge on any atom is 0.336 e. The SMILES string of the molecule is COc1ccc(-c2ccc(C(=O)O)cc2C(=O)O)c(C(=O)Nc2ccc(C(=N)N)cc2)n1.CS(=O)(=O)O. The van der Waals surface area contributed by atoms with Gasteiger partial charge in [-0.15, -0.1) is 0 Å². The van der Waals surface area contributed by atoms with Crippen LogP contribution in [0.4, 0.5) is 5.69 Å². The Bertz CT molecular complexity index is 1460. The number of carbonyl (C=O) groups excluding carboxylic acids is 1. The third kappa shape index (κ3) is 8.12. The highest BCUT2D eigenvalue weighted by molar-refractivity contribution is 7.85. The molecule has 0 saturated heterocycles. The molecule has 3 aromatic rings. The first kappa shape index (κ1) is 28.4. The molecule has 0 atom stereocenters. The Labute approximate surface area is 210 Å². The second-order valence-electron chi connectivity index (χ2n) is 7.30. The standard InChI is InChI=1S/C22H18N4O6.CH4O3S/c1-32-17-9-8-15(14-7-4-12(21(28)29)10-16(14)22(30)31)18(26-17)20(27)25-13-5-2-11(3-6-13)19(23)24;1-5(2,3)4/h2-10H,1H3,(H3,23,24)(H,25,27)(H,28,29)(H,30,31);1H3,(H,2,3,4). The lowest BCUT2D eigenvalue weighted by atomic mass is 9.96. The van der Waals surface area contributed by atoms with Crippen molar-refractivity contribution in [2.75, 3.05) is 18.7 Å². The summed E-state index contributed by atoms with van der Waals surface area (Å²) in [5.41, 5.74) is 5.99. The highest BCUT2D eigenvalue weighted by Gasteiger charge is 2.22. The van der Waals surface area contributed by atoms with Crippen molar-refractivity contribution in [3.05, 3.63) is 77.0 Å². The topological polar surface area (TPSA) is 230 Å². The van der Waals surface area contributed by atoms with Gasteiger partial charge < -0.3 is 26.0 Å². The van der Waals surface area contributed by atoms with Gasteiger partial charge in [0.15, 0.2) is 0 Å². The Morgan fingerprint density at radius 1 is 0.946 bits per heavy atom. The van der Waals surface area contributed by atoms with Crippen LogP contribution < -0.4 is 15.8 Å². The number of nitrogens with one attached hydrogen (secondary N) is 2. The van der Waals surface area contributed by atoms with Gasteiger partial charge in [-0.05, 0) is 48.0 Å². The Hall–Kier alpha value is -4.82. The number of aromatic nitrogens is 1. The molecule has 0 aliphatic heterocycles. The number of nitrogen functional groups attached to an aromatic ring is 1. The second kappa shape index (κ2) is 11.7. The van der Waals surface area contributed by atoms with E-state index in [4.69, 9.17) is 20.4 Å². The lowest BCUT2D eigenvalue weighted by molar-refractivity contribution is 0.0696. The zero-order valence-electron chi connectivity index (χ0n) is 19.4. The lowest BCUT2D eigenvalue weighted by Crippen LogP contribution is -2.17. The number of nitrogens with zero attached hydrogens (tertiary/aromatic N) is 1. The van der Waals surface area contributed by atoms with Crippen molar-refractivity contribution in [3.8, 4) is 17.0 Å². The quantitative estimate of drug-likeness (QED) is 0.147. The summed E-state index contributed by atoms with van der Waals surface area (Å²) < 4.78 is 31.0. The minimum atomic E-state index is -3.67. The molecule has 0 radical (unpaired) electrons. The van der Waals surface area contributed by atoms with Gasteiger partial charge in [0.1, 0.15) is 11.5 Å². The molecule has 0 aliphatic carbocycles. The van der Waals surface area contributed by atoms with Gasteiger partial charge in [0.05, 0.1) is 24.5 Å². The molecular formula is C23H22N4O9S.